The van der Waals surface area contributed by atoms with Crippen molar-refractivity contribution in [2.24, 2.45) is 0 Å². The van der Waals surface area contributed by atoms with Gasteiger partial charge in [0, 0.05) is 44.7 Å². The van der Waals surface area contributed by atoms with Crippen molar-refractivity contribution in [1.82, 2.24) is 9.13 Å². The van der Waals surface area contributed by atoms with Crippen LogP contribution >= 0.6 is 0 Å². The number of hydrogen-bond acceptors (Lipinski definition) is 0. The van der Waals surface area contributed by atoms with Crippen LogP contribution in [0.1, 0.15) is 35.4 Å². The minimum atomic E-state index is 1.05. The zero-order valence-corrected chi connectivity index (χ0v) is 31.2. The van der Waals surface area contributed by atoms with Gasteiger partial charge >= 0.3 is 0 Å². The van der Waals surface area contributed by atoms with Crippen molar-refractivity contribution in [1.29, 1.82) is 0 Å². The van der Waals surface area contributed by atoms with E-state index in [9.17, 15) is 0 Å². The molecule has 0 saturated carbocycles. The molecule has 56 heavy (non-hydrogen) atoms. The first-order chi connectivity index (χ1) is 27.8. The normalized spacial score (nSPS) is 13.3. The fraction of sp³-hybridized carbons (Fsp3) is 0.0741. The first-order valence-electron chi connectivity index (χ1n) is 19.9. The molecule has 11 rings (SSSR count). The maximum atomic E-state index is 2.47. The second-order valence-corrected chi connectivity index (χ2v) is 15.1. The number of benzene rings is 7. The van der Waals surface area contributed by atoms with Gasteiger partial charge in [-0.2, -0.15) is 0 Å². The third-order valence-electron chi connectivity index (χ3n) is 11.9. The van der Waals surface area contributed by atoms with Crippen LogP contribution in [-0.4, -0.2) is 9.13 Å². The van der Waals surface area contributed by atoms with E-state index in [-0.39, 0.29) is 0 Å². The lowest BCUT2D eigenvalue weighted by molar-refractivity contribution is 0.888. The van der Waals surface area contributed by atoms with Gasteiger partial charge in [0.2, 0.25) is 0 Å². The van der Waals surface area contributed by atoms with Crippen LogP contribution < -0.4 is 0 Å². The van der Waals surface area contributed by atoms with Crippen LogP contribution in [0.25, 0.3) is 89.8 Å². The summed E-state index contributed by atoms with van der Waals surface area (Å²) in [4.78, 5) is 0. The Morgan fingerprint density at radius 3 is 1.25 bits per heavy atom. The molecule has 7 aromatic carbocycles. The van der Waals surface area contributed by atoms with Crippen LogP contribution in [0.4, 0.5) is 0 Å². The Balaban J connectivity index is 0.963. The number of fused-ring (bicyclic) bond motifs is 6. The first-order valence-corrected chi connectivity index (χ1v) is 19.9. The predicted molar refractivity (Wildman–Crippen MR) is 237 cm³/mol. The molecule has 2 aliphatic rings. The summed E-state index contributed by atoms with van der Waals surface area (Å²) in [5, 5.41) is 2.65. The van der Waals surface area contributed by atoms with Gasteiger partial charge in [0.15, 0.2) is 0 Å². The lowest BCUT2D eigenvalue weighted by Crippen LogP contribution is -2.02. The molecule has 9 aromatic rings. The molecule has 0 spiro atoms. The van der Waals surface area contributed by atoms with E-state index in [0.29, 0.717) is 0 Å². The van der Waals surface area contributed by atoms with E-state index in [1.807, 2.05) is 0 Å². The average molecular weight is 717 g/mol. The van der Waals surface area contributed by atoms with Gasteiger partial charge in [0.25, 0.3) is 0 Å². The minimum absolute atomic E-state index is 1.05. The van der Waals surface area contributed by atoms with E-state index < -0.39 is 0 Å². The van der Waals surface area contributed by atoms with Gasteiger partial charge in [-0.05, 0) is 131 Å². The quantitative estimate of drug-likeness (QED) is 0.162. The van der Waals surface area contributed by atoms with Gasteiger partial charge in [-0.15, -0.1) is 0 Å². The van der Waals surface area contributed by atoms with Gasteiger partial charge in [-0.3, -0.25) is 0 Å². The van der Waals surface area contributed by atoms with Crippen LogP contribution in [-0.2, 0) is 12.8 Å². The molecule has 0 unspecified atom stereocenters. The van der Waals surface area contributed by atoms with Crippen LogP contribution in [0, 0.1) is 0 Å². The van der Waals surface area contributed by atoms with Gasteiger partial charge in [0.1, 0.15) is 0 Å². The van der Waals surface area contributed by atoms with Crippen LogP contribution in [0.5, 0.6) is 0 Å². The lowest BCUT2D eigenvalue weighted by atomic mass is 9.92. The van der Waals surface area contributed by atoms with Gasteiger partial charge in [0.05, 0.1) is 11.0 Å². The maximum absolute atomic E-state index is 2.47. The molecule has 0 bridgehead atoms. The van der Waals surface area contributed by atoms with Crippen molar-refractivity contribution in [2.45, 2.75) is 25.7 Å². The topological polar surface area (TPSA) is 9.86 Å². The van der Waals surface area contributed by atoms with E-state index in [1.165, 1.54) is 100 Å². The number of nitrogens with zero attached hydrogens (tertiary/aromatic N) is 2. The summed E-state index contributed by atoms with van der Waals surface area (Å²) in [6, 6.07) is 62.7. The second kappa shape index (κ2) is 13.4. The van der Waals surface area contributed by atoms with E-state index in [0.717, 1.165) is 25.7 Å². The van der Waals surface area contributed by atoms with Crippen LogP contribution in [0.15, 0.2) is 182 Å². The summed E-state index contributed by atoms with van der Waals surface area (Å²) >= 11 is 0. The number of rotatable bonds is 6. The zero-order chi connectivity index (χ0) is 37.0. The molecule has 0 N–H and O–H groups in total. The molecule has 0 atom stereocenters. The molecule has 2 heteroatoms. The standard InChI is InChI=1S/C54H40N2/c1-2-13-37(14-3-1)42-34-43(39-27-31-46(32-28-39)56-53-23-10-6-19-49(53)50-20-7-11-24-54(50)56)36-44(35-42)41-16-12-15-40(33-41)38-25-29-45(30-26-38)55-51-21-8-4-17-47(51)48-18-5-9-22-52(48)55/h1-8,10,12-21,23,25-36H,9,11,22,24H2. The lowest BCUT2D eigenvalue weighted by Gasteiger charge is -2.15. The van der Waals surface area contributed by atoms with Crippen molar-refractivity contribution in [3.8, 4) is 55.9 Å². The summed E-state index contributed by atoms with van der Waals surface area (Å²) in [6.45, 7) is 0. The van der Waals surface area contributed by atoms with Crippen molar-refractivity contribution in [3.05, 3.63) is 205 Å². The highest BCUT2D eigenvalue weighted by Crippen LogP contribution is 2.38. The number of allylic oxidation sites excluding steroid dienone is 2. The highest BCUT2D eigenvalue weighted by Gasteiger charge is 2.20. The van der Waals surface area contributed by atoms with Gasteiger partial charge in [-0.1, -0.05) is 133 Å². The highest BCUT2D eigenvalue weighted by molar-refractivity contribution is 5.94. The van der Waals surface area contributed by atoms with Gasteiger partial charge in [-0.25, -0.2) is 0 Å². The van der Waals surface area contributed by atoms with Crippen molar-refractivity contribution >= 4 is 34.0 Å². The van der Waals surface area contributed by atoms with E-state index in [1.54, 1.807) is 0 Å². The zero-order valence-electron chi connectivity index (χ0n) is 31.2. The van der Waals surface area contributed by atoms with Gasteiger partial charge < -0.3 is 9.13 Å². The summed E-state index contributed by atoms with van der Waals surface area (Å²) in [5.41, 5.74) is 20.2. The smallest absolute Gasteiger partial charge is 0.0537 e. The molecular formula is C54H40N2. The highest BCUT2D eigenvalue weighted by atomic mass is 15.0. The Morgan fingerprint density at radius 1 is 0.321 bits per heavy atom. The molecule has 2 aromatic heterocycles. The van der Waals surface area contributed by atoms with Crippen molar-refractivity contribution in [3.63, 3.8) is 0 Å². The second-order valence-electron chi connectivity index (χ2n) is 15.1. The molecule has 2 nitrogen and oxygen atoms in total. The van der Waals surface area contributed by atoms with Crippen molar-refractivity contribution < 1.29 is 0 Å². The summed E-state index contributed by atoms with van der Waals surface area (Å²) in [5.74, 6) is 0. The Labute approximate surface area is 328 Å². The largest absolute Gasteiger partial charge is 0.313 e. The minimum Gasteiger partial charge on any atom is -0.313 e. The average Bonchev–Trinajstić information content (AvgIpc) is 3.80. The third kappa shape index (κ3) is 5.48. The molecule has 2 heterocycles. The summed E-state index contributed by atoms with van der Waals surface area (Å²) in [7, 11) is 0. The predicted octanol–water partition coefficient (Wildman–Crippen LogP) is 14.2. The maximum Gasteiger partial charge on any atom is 0.0537 e. The molecule has 266 valence electrons. The third-order valence-corrected chi connectivity index (χ3v) is 11.9. The molecule has 0 amide bonds. The molecule has 0 aliphatic heterocycles. The van der Waals surface area contributed by atoms with E-state index in [2.05, 4.69) is 203 Å². The first kappa shape index (κ1) is 32.5. The fourth-order valence-electron chi connectivity index (χ4n) is 9.17. The molecular weight excluding hydrogens is 677 g/mol. The number of para-hydroxylation sites is 2. The molecule has 0 radical (unpaired) electrons. The summed E-state index contributed by atoms with van der Waals surface area (Å²) in [6.07, 6.45) is 13.5. The Hall–Kier alpha value is -6.90. The fourth-order valence-corrected chi connectivity index (χ4v) is 9.17. The Morgan fingerprint density at radius 2 is 0.714 bits per heavy atom. The van der Waals surface area contributed by atoms with E-state index >= 15 is 0 Å². The summed E-state index contributed by atoms with van der Waals surface area (Å²) < 4.78 is 4.93. The van der Waals surface area contributed by atoms with Crippen molar-refractivity contribution in [2.75, 3.05) is 0 Å². The molecule has 0 fully saturated rings. The van der Waals surface area contributed by atoms with E-state index in [4.69, 9.17) is 0 Å². The number of aromatic nitrogens is 2. The van der Waals surface area contributed by atoms with Crippen LogP contribution in [0.3, 0.4) is 0 Å². The molecule has 0 saturated heterocycles. The molecule has 2 aliphatic carbocycles. The SMILES string of the molecule is C1=Cc2c(n(-c3ccc(-c4cccc(-c5cc(-c6ccccc6)cc(-c6ccc(-n7c8c(c9ccccc97)C=CCC8)cc6)c5)c4)cc3)c3ccccc23)CC1. The number of hydrogen-bond donors (Lipinski definition) is 0. The Kier molecular flexibility index (Phi) is 7.81. The monoisotopic (exact) mass is 716 g/mol. The van der Waals surface area contributed by atoms with Crippen LogP contribution in [0.2, 0.25) is 0 Å². The Bertz CT molecular complexity index is 2990.